The lowest BCUT2D eigenvalue weighted by Gasteiger charge is -2.01. The summed E-state index contributed by atoms with van der Waals surface area (Å²) in [6, 6.07) is 1.76. The number of aromatic nitrogens is 2. The highest BCUT2D eigenvalue weighted by atomic mass is 35.5. The van der Waals surface area contributed by atoms with E-state index in [0.717, 1.165) is 17.1 Å². The van der Waals surface area contributed by atoms with Crippen molar-refractivity contribution in [1.82, 2.24) is 9.78 Å². The summed E-state index contributed by atoms with van der Waals surface area (Å²) < 4.78 is 7.01. The van der Waals surface area contributed by atoms with Gasteiger partial charge in [0.2, 0.25) is 0 Å². The Bertz CT molecular complexity index is 611. The molecule has 0 amide bonds. The predicted molar refractivity (Wildman–Crippen MR) is 69.2 cm³/mol. The van der Waals surface area contributed by atoms with Crippen LogP contribution in [0.2, 0.25) is 5.02 Å². The Hall–Kier alpha value is -1.55. The molecule has 0 unspecified atom stereocenters. The molecule has 0 aliphatic rings. The molecular formula is C13H15ClN2O2. The number of Topliss-reactive ketones (excluding diaryl/α,β-unsaturated/α-hetero) is 1. The molecule has 0 fully saturated rings. The molecule has 0 aliphatic carbocycles. The number of nitrogens with zero attached hydrogens (tertiary/aromatic N) is 2. The summed E-state index contributed by atoms with van der Waals surface area (Å²) in [7, 11) is 1.79. The van der Waals surface area contributed by atoms with Crippen LogP contribution in [0.5, 0.6) is 0 Å². The van der Waals surface area contributed by atoms with Crippen molar-refractivity contribution in [1.29, 1.82) is 0 Å². The van der Waals surface area contributed by atoms with E-state index in [-0.39, 0.29) is 12.2 Å². The molecule has 0 saturated heterocycles. The van der Waals surface area contributed by atoms with Crippen molar-refractivity contribution in [3.05, 3.63) is 39.6 Å². The van der Waals surface area contributed by atoms with Crippen molar-refractivity contribution < 1.29 is 9.21 Å². The number of furan rings is 1. The van der Waals surface area contributed by atoms with Crippen LogP contribution < -0.4 is 0 Å². The number of hydrogen-bond donors (Lipinski definition) is 0. The van der Waals surface area contributed by atoms with Gasteiger partial charge in [-0.25, -0.2) is 0 Å². The molecule has 0 radical (unpaired) electrons. The minimum absolute atomic E-state index is 0.00532. The Morgan fingerprint density at radius 2 is 2.11 bits per heavy atom. The van der Waals surface area contributed by atoms with Gasteiger partial charge in [-0.3, -0.25) is 9.48 Å². The van der Waals surface area contributed by atoms with E-state index in [4.69, 9.17) is 16.0 Å². The summed E-state index contributed by atoms with van der Waals surface area (Å²) in [6.07, 6.45) is 0.232. The van der Waals surface area contributed by atoms with Gasteiger partial charge < -0.3 is 4.42 Å². The van der Waals surface area contributed by atoms with Gasteiger partial charge in [-0.1, -0.05) is 11.6 Å². The number of carbonyl (C=O) groups is 1. The van der Waals surface area contributed by atoms with Crippen LogP contribution in [0.4, 0.5) is 0 Å². The summed E-state index contributed by atoms with van der Waals surface area (Å²) in [5.74, 6) is 1.38. The fourth-order valence-electron chi connectivity index (χ4n) is 2.03. The molecule has 2 rings (SSSR count). The van der Waals surface area contributed by atoms with Crippen molar-refractivity contribution in [2.75, 3.05) is 0 Å². The monoisotopic (exact) mass is 266 g/mol. The zero-order valence-corrected chi connectivity index (χ0v) is 11.6. The number of ketones is 1. The average Bonchev–Trinajstić information content (AvgIpc) is 2.73. The summed E-state index contributed by atoms with van der Waals surface area (Å²) in [6.45, 7) is 5.44. The van der Waals surface area contributed by atoms with Crippen LogP contribution in [-0.2, 0) is 13.5 Å². The Morgan fingerprint density at radius 1 is 1.44 bits per heavy atom. The fourth-order valence-corrected chi connectivity index (χ4v) is 2.25. The van der Waals surface area contributed by atoms with E-state index in [1.807, 2.05) is 13.8 Å². The molecule has 0 saturated carbocycles. The van der Waals surface area contributed by atoms with Crippen molar-refractivity contribution in [2.45, 2.75) is 27.2 Å². The molecule has 5 heteroatoms. The summed E-state index contributed by atoms with van der Waals surface area (Å²) >= 11 is 6.13. The van der Waals surface area contributed by atoms with E-state index < -0.39 is 0 Å². The molecule has 0 N–H and O–H groups in total. The topological polar surface area (TPSA) is 48.0 Å². The van der Waals surface area contributed by atoms with Gasteiger partial charge in [0, 0.05) is 7.05 Å². The molecule has 4 nitrogen and oxygen atoms in total. The van der Waals surface area contributed by atoms with Gasteiger partial charge in [-0.05, 0) is 26.8 Å². The first kappa shape index (κ1) is 12.9. The van der Waals surface area contributed by atoms with E-state index in [2.05, 4.69) is 5.10 Å². The number of rotatable bonds is 3. The van der Waals surface area contributed by atoms with Crippen molar-refractivity contribution in [3.8, 4) is 0 Å². The molecule has 0 aromatic carbocycles. The molecule has 18 heavy (non-hydrogen) atoms. The zero-order valence-electron chi connectivity index (χ0n) is 10.9. The van der Waals surface area contributed by atoms with Crippen molar-refractivity contribution in [3.63, 3.8) is 0 Å². The summed E-state index contributed by atoms with van der Waals surface area (Å²) in [5.41, 5.74) is 2.09. The maximum Gasteiger partial charge on any atom is 0.172 e. The van der Waals surface area contributed by atoms with E-state index in [0.29, 0.717) is 16.3 Å². The predicted octanol–water partition coefficient (Wildman–Crippen LogP) is 3.02. The number of halogens is 1. The highest BCUT2D eigenvalue weighted by Crippen LogP contribution is 2.22. The second kappa shape index (κ2) is 4.61. The van der Waals surface area contributed by atoms with Crippen LogP contribution in [0.1, 0.15) is 33.3 Å². The lowest BCUT2D eigenvalue weighted by atomic mass is 10.1. The number of hydrogen-bond acceptors (Lipinski definition) is 3. The third-order valence-electron chi connectivity index (χ3n) is 2.93. The maximum atomic E-state index is 12.2. The summed E-state index contributed by atoms with van der Waals surface area (Å²) in [4.78, 5) is 12.2. The molecule has 0 spiro atoms. The van der Waals surface area contributed by atoms with E-state index in [1.54, 1.807) is 24.7 Å². The van der Waals surface area contributed by atoms with Crippen LogP contribution in [0.15, 0.2) is 10.5 Å². The van der Waals surface area contributed by atoms with Crippen LogP contribution >= 0.6 is 11.6 Å². The standard InChI is InChI=1S/C13H15ClN2O2/c1-7-5-10(9(3)18-7)12(17)6-11-13(14)8(2)15-16(11)4/h5H,6H2,1-4H3. The second-order valence-electron chi connectivity index (χ2n) is 4.40. The van der Waals surface area contributed by atoms with Crippen LogP contribution in [0, 0.1) is 20.8 Å². The largest absolute Gasteiger partial charge is 0.466 e. The first-order chi connectivity index (χ1) is 8.40. The van der Waals surface area contributed by atoms with Crippen LogP contribution in [0.25, 0.3) is 0 Å². The van der Waals surface area contributed by atoms with Crippen molar-refractivity contribution >= 4 is 17.4 Å². The average molecular weight is 267 g/mol. The lowest BCUT2D eigenvalue weighted by molar-refractivity contribution is 0.0989. The Morgan fingerprint density at radius 3 is 2.56 bits per heavy atom. The third kappa shape index (κ3) is 2.20. The van der Waals surface area contributed by atoms with Crippen molar-refractivity contribution in [2.24, 2.45) is 7.05 Å². The first-order valence-electron chi connectivity index (χ1n) is 5.68. The lowest BCUT2D eigenvalue weighted by Crippen LogP contribution is -2.08. The van der Waals surface area contributed by atoms with E-state index in [9.17, 15) is 4.79 Å². The van der Waals surface area contributed by atoms with Gasteiger partial charge in [0.25, 0.3) is 0 Å². The molecular weight excluding hydrogens is 252 g/mol. The highest BCUT2D eigenvalue weighted by Gasteiger charge is 2.19. The minimum atomic E-state index is -0.00532. The van der Waals surface area contributed by atoms with Gasteiger partial charge in [0.15, 0.2) is 5.78 Å². The van der Waals surface area contributed by atoms with Gasteiger partial charge in [0.05, 0.1) is 28.4 Å². The van der Waals surface area contributed by atoms with Gasteiger partial charge in [-0.15, -0.1) is 0 Å². The van der Waals surface area contributed by atoms with Gasteiger partial charge in [0.1, 0.15) is 11.5 Å². The Kier molecular flexibility index (Phi) is 3.30. The van der Waals surface area contributed by atoms with Gasteiger partial charge in [-0.2, -0.15) is 5.10 Å². The Labute approximate surface area is 111 Å². The molecule has 0 atom stereocenters. The van der Waals surface area contributed by atoms with Crippen LogP contribution in [0.3, 0.4) is 0 Å². The quantitative estimate of drug-likeness (QED) is 0.803. The van der Waals surface area contributed by atoms with E-state index in [1.165, 1.54) is 0 Å². The fraction of sp³-hybridized carbons (Fsp3) is 0.385. The zero-order chi connectivity index (χ0) is 13.4. The maximum absolute atomic E-state index is 12.2. The number of aryl methyl sites for hydroxylation is 4. The number of carbonyl (C=O) groups excluding carboxylic acids is 1. The minimum Gasteiger partial charge on any atom is -0.466 e. The highest BCUT2D eigenvalue weighted by molar-refractivity contribution is 6.32. The summed E-state index contributed by atoms with van der Waals surface area (Å²) in [5, 5.41) is 4.75. The molecule has 0 bridgehead atoms. The molecule has 2 aromatic heterocycles. The normalized spacial score (nSPS) is 10.9. The second-order valence-corrected chi connectivity index (χ2v) is 4.77. The van der Waals surface area contributed by atoms with Crippen LogP contribution in [-0.4, -0.2) is 15.6 Å². The molecule has 96 valence electrons. The van der Waals surface area contributed by atoms with Gasteiger partial charge >= 0.3 is 0 Å². The SMILES string of the molecule is Cc1cc(C(=O)Cc2c(Cl)c(C)nn2C)c(C)o1. The third-order valence-corrected chi connectivity index (χ3v) is 3.42. The Balaban J connectivity index is 2.29. The first-order valence-corrected chi connectivity index (χ1v) is 6.06. The molecule has 0 aliphatic heterocycles. The molecule has 2 aromatic rings. The molecule has 2 heterocycles. The smallest absolute Gasteiger partial charge is 0.172 e. The van der Waals surface area contributed by atoms with E-state index >= 15 is 0 Å².